The number of hydrogen-bond donors (Lipinski definition) is 1. The molecular weight excluding hydrogens is 314 g/mol. The van der Waals surface area contributed by atoms with Gasteiger partial charge in [0.1, 0.15) is 5.00 Å². The molecule has 1 aliphatic carbocycles. The molecule has 2 aromatic heterocycles. The fraction of sp³-hybridized carbons (Fsp3) is 0.438. The number of hydrogen-bond acceptors (Lipinski definition) is 5. The van der Waals surface area contributed by atoms with Crippen molar-refractivity contribution >= 4 is 28.2 Å². The third-order valence-electron chi connectivity index (χ3n) is 3.83. The van der Waals surface area contributed by atoms with E-state index in [2.05, 4.69) is 10.3 Å². The highest BCUT2D eigenvalue weighted by molar-refractivity contribution is 7.15. The predicted octanol–water partition coefficient (Wildman–Crippen LogP) is 2.72. The Bertz CT molecular complexity index is 731. The van der Waals surface area contributed by atoms with Gasteiger partial charge >= 0.3 is 5.97 Å². The Morgan fingerprint density at radius 3 is 2.87 bits per heavy atom. The number of nitrogens with one attached hydrogen (secondary N) is 1. The largest absolute Gasteiger partial charge is 0.462 e. The number of carbonyl (C=O) groups excluding carboxylic acids is 2. The summed E-state index contributed by atoms with van der Waals surface area (Å²) in [5, 5.41) is 5.40. The zero-order valence-electron chi connectivity index (χ0n) is 13.2. The standard InChI is InChI=1S/C16H19N3O3S/c1-3-22-16(21)14-12(10-4-5-10)8-23-15(14)18-13(20)6-11-7-17-9-19(11)2/h7-10H,3-6H2,1-2H3,(H,18,20). The molecule has 1 saturated carbocycles. The van der Waals surface area contributed by atoms with Gasteiger partial charge in [0.2, 0.25) is 5.91 Å². The average molecular weight is 333 g/mol. The van der Waals surface area contributed by atoms with Gasteiger partial charge in [0.15, 0.2) is 0 Å². The molecule has 3 rings (SSSR count). The molecule has 1 N–H and O–H groups in total. The molecule has 2 aromatic rings. The third kappa shape index (κ3) is 3.44. The zero-order chi connectivity index (χ0) is 16.4. The average Bonchev–Trinajstić information content (AvgIpc) is 3.16. The van der Waals surface area contributed by atoms with E-state index >= 15 is 0 Å². The van der Waals surface area contributed by atoms with Gasteiger partial charge in [0.05, 0.1) is 24.9 Å². The number of ether oxygens (including phenoxy) is 1. The Kier molecular flexibility index (Phi) is 4.47. The molecule has 0 saturated heterocycles. The number of anilines is 1. The molecule has 0 atom stereocenters. The molecule has 0 aliphatic heterocycles. The lowest BCUT2D eigenvalue weighted by molar-refractivity contribution is -0.115. The van der Waals surface area contributed by atoms with Crippen LogP contribution in [0.25, 0.3) is 0 Å². The van der Waals surface area contributed by atoms with Crippen LogP contribution in [0.4, 0.5) is 5.00 Å². The summed E-state index contributed by atoms with van der Waals surface area (Å²) in [7, 11) is 1.84. The van der Waals surface area contributed by atoms with Crippen molar-refractivity contribution in [2.75, 3.05) is 11.9 Å². The summed E-state index contributed by atoms with van der Waals surface area (Å²) in [6.45, 7) is 2.10. The zero-order valence-corrected chi connectivity index (χ0v) is 14.0. The second kappa shape index (κ2) is 6.54. The van der Waals surface area contributed by atoms with Crippen molar-refractivity contribution < 1.29 is 14.3 Å². The number of amides is 1. The number of aryl methyl sites for hydroxylation is 1. The van der Waals surface area contributed by atoms with Crippen LogP contribution in [0.5, 0.6) is 0 Å². The van der Waals surface area contributed by atoms with Gasteiger partial charge in [-0.15, -0.1) is 11.3 Å². The minimum absolute atomic E-state index is 0.164. The topological polar surface area (TPSA) is 73.2 Å². The van der Waals surface area contributed by atoms with Gasteiger partial charge in [-0.2, -0.15) is 0 Å². The summed E-state index contributed by atoms with van der Waals surface area (Å²) in [6, 6.07) is 0. The molecule has 1 aliphatic rings. The summed E-state index contributed by atoms with van der Waals surface area (Å²) in [5.41, 5.74) is 2.35. The highest BCUT2D eigenvalue weighted by Crippen LogP contribution is 2.46. The molecule has 1 amide bonds. The summed E-state index contributed by atoms with van der Waals surface area (Å²) >= 11 is 1.39. The molecule has 122 valence electrons. The van der Waals surface area contributed by atoms with Crippen molar-refractivity contribution in [2.45, 2.75) is 32.1 Å². The first-order valence-corrected chi connectivity index (χ1v) is 8.51. The Balaban J connectivity index is 1.78. The van der Waals surface area contributed by atoms with E-state index in [1.807, 2.05) is 12.4 Å². The first-order chi connectivity index (χ1) is 11.1. The Morgan fingerprint density at radius 2 is 2.26 bits per heavy atom. The lowest BCUT2D eigenvalue weighted by Gasteiger charge is -2.08. The van der Waals surface area contributed by atoms with Crippen LogP contribution in [0.15, 0.2) is 17.9 Å². The third-order valence-corrected chi connectivity index (χ3v) is 4.74. The smallest absolute Gasteiger partial charge is 0.341 e. The number of esters is 1. The van der Waals surface area contributed by atoms with Gasteiger partial charge in [-0.1, -0.05) is 0 Å². The second-order valence-corrected chi connectivity index (χ2v) is 6.49. The Labute approximate surface area is 138 Å². The summed E-state index contributed by atoms with van der Waals surface area (Å²) in [5.74, 6) is -0.0942. The number of carbonyl (C=O) groups is 2. The molecular formula is C16H19N3O3S. The molecule has 6 nitrogen and oxygen atoms in total. The minimum atomic E-state index is -0.355. The summed E-state index contributed by atoms with van der Waals surface area (Å²) < 4.78 is 6.96. The van der Waals surface area contributed by atoms with Crippen LogP contribution in [0, 0.1) is 0 Å². The van der Waals surface area contributed by atoms with Crippen LogP contribution in [-0.2, 0) is 23.0 Å². The molecule has 0 spiro atoms. The highest BCUT2D eigenvalue weighted by Gasteiger charge is 2.32. The van der Waals surface area contributed by atoms with Crippen LogP contribution >= 0.6 is 11.3 Å². The molecule has 23 heavy (non-hydrogen) atoms. The van der Waals surface area contributed by atoms with Crippen molar-refractivity contribution in [3.05, 3.63) is 34.7 Å². The molecule has 2 heterocycles. The molecule has 0 bridgehead atoms. The molecule has 1 fully saturated rings. The first kappa shape index (κ1) is 15.7. The van der Waals surface area contributed by atoms with Gasteiger partial charge in [-0.05, 0) is 36.6 Å². The maximum absolute atomic E-state index is 12.3. The predicted molar refractivity (Wildman–Crippen MR) is 87.8 cm³/mol. The van der Waals surface area contributed by atoms with Crippen LogP contribution in [0.2, 0.25) is 0 Å². The summed E-state index contributed by atoms with van der Waals surface area (Å²) in [4.78, 5) is 28.5. The van der Waals surface area contributed by atoms with Crippen LogP contribution in [0.3, 0.4) is 0 Å². The van der Waals surface area contributed by atoms with Gasteiger partial charge in [-0.25, -0.2) is 9.78 Å². The fourth-order valence-electron chi connectivity index (χ4n) is 2.46. The minimum Gasteiger partial charge on any atom is -0.462 e. The first-order valence-electron chi connectivity index (χ1n) is 7.63. The van der Waals surface area contributed by atoms with Crippen LogP contribution in [0.1, 0.15) is 47.3 Å². The van der Waals surface area contributed by atoms with E-state index < -0.39 is 0 Å². The maximum atomic E-state index is 12.3. The van der Waals surface area contributed by atoms with E-state index in [1.165, 1.54) is 11.3 Å². The molecule has 0 unspecified atom stereocenters. The van der Waals surface area contributed by atoms with Crippen LogP contribution in [-0.4, -0.2) is 28.0 Å². The van der Waals surface area contributed by atoms with E-state index in [9.17, 15) is 9.59 Å². The normalized spacial score (nSPS) is 13.8. The Morgan fingerprint density at radius 1 is 1.48 bits per heavy atom. The Hall–Kier alpha value is -2.15. The van der Waals surface area contributed by atoms with Gasteiger partial charge in [-0.3, -0.25) is 4.79 Å². The SMILES string of the molecule is CCOC(=O)c1c(C2CC2)csc1NC(=O)Cc1cncn1C. The monoisotopic (exact) mass is 333 g/mol. The molecule has 7 heteroatoms. The molecule has 0 aromatic carbocycles. The van der Waals surface area contributed by atoms with Crippen molar-refractivity contribution in [3.8, 4) is 0 Å². The quantitative estimate of drug-likeness (QED) is 0.825. The van der Waals surface area contributed by atoms with E-state index in [1.54, 1.807) is 24.0 Å². The van der Waals surface area contributed by atoms with Crippen molar-refractivity contribution in [1.82, 2.24) is 9.55 Å². The van der Waals surface area contributed by atoms with E-state index in [-0.39, 0.29) is 18.3 Å². The van der Waals surface area contributed by atoms with Crippen molar-refractivity contribution in [1.29, 1.82) is 0 Å². The lowest BCUT2D eigenvalue weighted by Crippen LogP contribution is -2.18. The fourth-order valence-corrected chi connectivity index (χ4v) is 3.51. The number of thiophene rings is 1. The van der Waals surface area contributed by atoms with Crippen molar-refractivity contribution in [2.24, 2.45) is 7.05 Å². The van der Waals surface area contributed by atoms with Gasteiger partial charge in [0, 0.05) is 18.9 Å². The summed E-state index contributed by atoms with van der Waals surface area (Å²) in [6.07, 6.45) is 5.71. The van der Waals surface area contributed by atoms with Crippen LogP contribution < -0.4 is 5.32 Å². The highest BCUT2D eigenvalue weighted by atomic mass is 32.1. The number of nitrogens with zero attached hydrogens (tertiary/aromatic N) is 2. The van der Waals surface area contributed by atoms with Crippen molar-refractivity contribution in [3.63, 3.8) is 0 Å². The van der Waals surface area contributed by atoms with Gasteiger partial charge < -0.3 is 14.6 Å². The van der Waals surface area contributed by atoms with Gasteiger partial charge in [0.25, 0.3) is 0 Å². The number of imidazole rings is 1. The second-order valence-electron chi connectivity index (χ2n) is 5.61. The lowest BCUT2D eigenvalue weighted by atomic mass is 10.1. The van der Waals surface area contributed by atoms with E-state index in [0.29, 0.717) is 23.1 Å². The molecule has 0 radical (unpaired) electrons. The number of rotatable bonds is 6. The van der Waals surface area contributed by atoms with E-state index in [0.717, 1.165) is 24.1 Å². The van der Waals surface area contributed by atoms with E-state index in [4.69, 9.17) is 4.74 Å². The number of aromatic nitrogens is 2. The maximum Gasteiger partial charge on any atom is 0.341 e.